The summed E-state index contributed by atoms with van der Waals surface area (Å²) >= 11 is 0. The van der Waals surface area contributed by atoms with Gasteiger partial charge in [0.1, 0.15) is 0 Å². The molecule has 0 spiro atoms. The molecular formula is C6H12N2. The number of rotatable bonds is 2. The maximum absolute atomic E-state index is 3.92. The Morgan fingerprint density at radius 3 is 2.62 bits per heavy atom. The molecule has 1 fully saturated rings. The summed E-state index contributed by atoms with van der Waals surface area (Å²) in [6.07, 6.45) is 4.15. The van der Waals surface area contributed by atoms with Crippen molar-refractivity contribution in [3.8, 4) is 0 Å². The van der Waals surface area contributed by atoms with E-state index in [0.717, 1.165) is 12.5 Å². The molecule has 1 aliphatic rings. The molecule has 0 atom stereocenters. The average molecular weight is 112 g/mol. The van der Waals surface area contributed by atoms with Crippen molar-refractivity contribution in [2.45, 2.75) is 19.3 Å². The lowest BCUT2D eigenvalue weighted by atomic mass is 9.86. The van der Waals surface area contributed by atoms with Crippen molar-refractivity contribution in [1.29, 1.82) is 0 Å². The first-order chi connectivity index (χ1) is 3.93. The highest BCUT2D eigenvalue weighted by atomic mass is 15.1. The highest BCUT2D eigenvalue weighted by Crippen LogP contribution is 2.26. The average Bonchev–Trinajstić information content (AvgIpc) is 1.63. The van der Waals surface area contributed by atoms with Gasteiger partial charge < -0.3 is 0 Å². The minimum absolute atomic E-state index is 0.874. The molecular weight excluding hydrogens is 100 g/mol. The smallest absolute Gasteiger partial charge is 0.0626 e. The molecule has 46 valence electrons. The van der Waals surface area contributed by atoms with Gasteiger partial charge in [-0.3, -0.25) is 0 Å². The zero-order valence-electron chi connectivity index (χ0n) is 5.30. The Hall–Kier alpha value is -0.400. The van der Waals surface area contributed by atoms with Gasteiger partial charge in [0.2, 0.25) is 0 Å². The molecule has 0 amide bonds. The fourth-order valence-corrected chi connectivity index (χ4v) is 0.872. The summed E-state index contributed by atoms with van der Waals surface area (Å²) in [7, 11) is 1.73. The van der Waals surface area contributed by atoms with Crippen LogP contribution in [0.15, 0.2) is 10.2 Å². The highest BCUT2D eigenvalue weighted by Gasteiger charge is 2.15. The fraction of sp³-hybridized carbons (Fsp3) is 1.00. The lowest BCUT2D eigenvalue weighted by Gasteiger charge is -2.22. The van der Waals surface area contributed by atoms with Crippen LogP contribution in [0.3, 0.4) is 0 Å². The number of hydrogen-bond acceptors (Lipinski definition) is 2. The van der Waals surface area contributed by atoms with Crippen LogP contribution in [-0.4, -0.2) is 13.6 Å². The molecule has 0 aromatic rings. The molecule has 2 nitrogen and oxygen atoms in total. The van der Waals surface area contributed by atoms with E-state index in [1.165, 1.54) is 19.3 Å². The first-order valence-corrected chi connectivity index (χ1v) is 3.19. The molecule has 0 radical (unpaired) electrons. The quantitative estimate of drug-likeness (QED) is 0.487. The van der Waals surface area contributed by atoms with Crippen LogP contribution >= 0.6 is 0 Å². The maximum atomic E-state index is 3.92. The molecule has 0 bridgehead atoms. The van der Waals surface area contributed by atoms with Crippen molar-refractivity contribution in [1.82, 2.24) is 0 Å². The van der Waals surface area contributed by atoms with Crippen LogP contribution < -0.4 is 0 Å². The van der Waals surface area contributed by atoms with E-state index < -0.39 is 0 Å². The Bertz CT molecular complexity index is 84.5. The molecule has 0 aromatic carbocycles. The molecule has 0 saturated heterocycles. The first kappa shape index (κ1) is 5.73. The van der Waals surface area contributed by atoms with Crippen molar-refractivity contribution in [3.05, 3.63) is 0 Å². The molecule has 0 aliphatic heterocycles. The normalized spacial score (nSPS) is 21.6. The van der Waals surface area contributed by atoms with Crippen LogP contribution in [0.4, 0.5) is 0 Å². The van der Waals surface area contributed by atoms with Crippen molar-refractivity contribution in [3.63, 3.8) is 0 Å². The van der Waals surface area contributed by atoms with Crippen LogP contribution in [-0.2, 0) is 0 Å². The zero-order chi connectivity index (χ0) is 5.82. The first-order valence-electron chi connectivity index (χ1n) is 3.19. The summed E-state index contributed by atoms with van der Waals surface area (Å²) < 4.78 is 0. The summed E-state index contributed by atoms with van der Waals surface area (Å²) in [5.41, 5.74) is 0. The van der Waals surface area contributed by atoms with Gasteiger partial charge in [0.05, 0.1) is 6.54 Å². The molecule has 0 unspecified atom stereocenters. The van der Waals surface area contributed by atoms with E-state index in [1.807, 2.05) is 0 Å². The maximum Gasteiger partial charge on any atom is 0.0626 e. The molecule has 1 rings (SSSR count). The van der Waals surface area contributed by atoms with Gasteiger partial charge in [-0.25, -0.2) is 0 Å². The second-order valence-corrected chi connectivity index (χ2v) is 2.32. The predicted octanol–water partition coefficient (Wildman–Crippen LogP) is 1.87. The third kappa shape index (κ3) is 1.29. The third-order valence-corrected chi connectivity index (χ3v) is 1.71. The van der Waals surface area contributed by atoms with Crippen LogP contribution in [0.5, 0.6) is 0 Å². The van der Waals surface area contributed by atoms with Crippen LogP contribution in [0.1, 0.15) is 19.3 Å². The van der Waals surface area contributed by atoms with Crippen molar-refractivity contribution < 1.29 is 0 Å². The highest BCUT2D eigenvalue weighted by molar-refractivity contribution is 4.70. The lowest BCUT2D eigenvalue weighted by Crippen LogP contribution is -2.13. The van der Waals surface area contributed by atoms with E-state index in [9.17, 15) is 0 Å². The van der Waals surface area contributed by atoms with Gasteiger partial charge in [-0.1, -0.05) is 6.42 Å². The largest absolute Gasteiger partial charge is 0.198 e. The van der Waals surface area contributed by atoms with Gasteiger partial charge in [0.15, 0.2) is 0 Å². The molecule has 2 heteroatoms. The van der Waals surface area contributed by atoms with Gasteiger partial charge in [0, 0.05) is 7.05 Å². The molecule has 0 heterocycles. The Labute approximate surface area is 50.0 Å². The van der Waals surface area contributed by atoms with Crippen LogP contribution in [0.25, 0.3) is 0 Å². The van der Waals surface area contributed by atoms with E-state index in [0.29, 0.717) is 0 Å². The van der Waals surface area contributed by atoms with Crippen LogP contribution in [0.2, 0.25) is 0 Å². The summed E-state index contributed by atoms with van der Waals surface area (Å²) in [5.74, 6) is 0.874. The van der Waals surface area contributed by atoms with E-state index in [2.05, 4.69) is 10.2 Å². The lowest BCUT2D eigenvalue weighted by molar-refractivity contribution is 0.322. The molecule has 8 heavy (non-hydrogen) atoms. The van der Waals surface area contributed by atoms with E-state index in [4.69, 9.17) is 0 Å². The Balaban J connectivity index is 2.01. The minimum Gasteiger partial charge on any atom is -0.198 e. The predicted molar refractivity (Wildman–Crippen MR) is 33.0 cm³/mol. The van der Waals surface area contributed by atoms with Crippen LogP contribution in [0, 0.1) is 5.92 Å². The van der Waals surface area contributed by atoms with Crippen molar-refractivity contribution >= 4 is 0 Å². The summed E-state index contributed by atoms with van der Waals surface area (Å²) in [6.45, 7) is 0.969. The third-order valence-electron chi connectivity index (χ3n) is 1.71. The monoisotopic (exact) mass is 112 g/mol. The van der Waals surface area contributed by atoms with Gasteiger partial charge in [0.25, 0.3) is 0 Å². The Morgan fingerprint density at radius 1 is 1.50 bits per heavy atom. The molecule has 1 aliphatic carbocycles. The van der Waals surface area contributed by atoms with Gasteiger partial charge in [-0.15, -0.1) is 0 Å². The van der Waals surface area contributed by atoms with Crippen molar-refractivity contribution in [2.75, 3.05) is 13.6 Å². The molecule has 0 aromatic heterocycles. The van der Waals surface area contributed by atoms with E-state index in [1.54, 1.807) is 7.05 Å². The second kappa shape index (κ2) is 2.80. The van der Waals surface area contributed by atoms with E-state index >= 15 is 0 Å². The molecule has 1 saturated carbocycles. The van der Waals surface area contributed by atoms with E-state index in [-0.39, 0.29) is 0 Å². The van der Waals surface area contributed by atoms with Gasteiger partial charge >= 0.3 is 0 Å². The standard InChI is InChI=1S/C6H12N2/c1-7-8-5-6-3-2-4-6/h6H,2-5H2,1H3. The van der Waals surface area contributed by atoms with Gasteiger partial charge in [-0.05, 0) is 18.8 Å². The SMILES string of the molecule is CN=NCC1CCC1. The molecule has 0 N–H and O–H groups in total. The Kier molecular flexibility index (Phi) is 2.00. The Morgan fingerprint density at radius 2 is 2.25 bits per heavy atom. The minimum atomic E-state index is 0.874. The van der Waals surface area contributed by atoms with Crippen molar-refractivity contribution in [2.24, 2.45) is 16.1 Å². The fourth-order valence-electron chi connectivity index (χ4n) is 0.872. The summed E-state index contributed by atoms with van der Waals surface area (Å²) in [6, 6.07) is 0. The van der Waals surface area contributed by atoms with Gasteiger partial charge in [-0.2, -0.15) is 10.2 Å². The zero-order valence-corrected chi connectivity index (χ0v) is 5.30. The topological polar surface area (TPSA) is 24.7 Å². The summed E-state index contributed by atoms with van der Waals surface area (Å²) in [5, 5.41) is 7.60. The number of azo groups is 1. The second-order valence-electron chi connectivity index (χ2n) is 2.32. The summed E-state index contributed by atoms with van der Waals surface area (Å²) in [4.78, 5) is 0. The number of nitrogens with zero attached hydrogens (tertiary/aromatic N) is 2. The number of hydrogen-bond donors (Lipinski definition) is 0.